The molecule has 1 aromatic carbocycles. The van der Waals surface area contributed by atoms with Gasteiger partial charge in [-0.3, -0.25) is 0 Å². The molecule has 1 unspecified atom stereocenters. The highest BCUT2D eigenvalue weighted by Crippen LogP contribution is 2.41. The fraction of sp³-hybridized carbons (Fsp3) is 0.538. The fourth-order valence-corrected chi connectivity index (χ4v) is 2.10. The Balaban J connectivity index is 2.13. The Morgan fingerprint density at radius 3 is 2.36 bits per heavy atom. The SMILES string of the molecule is CCc1ccc(C(CN)C2CC2)cc1. The second-order valence-electron chi connectivity index (χ2n) is 4.27. The van der Waals surface area contributed by atoms with E-state index in [0.717, 1.165) is 18.9 Å². The van der Waals surface area contributed by atoms with Crippen molar-refractivity contribution < 1.29 is 0 Å². The lowest BCUT2D eigenvalue weighted by atomic mass is 9.93. The van der Waals surface area contributed by atoms with Crippen LogP contribution in [-0.4, -0.2) is 6.54 Å². The van der Waals surface area contributed by atoms with Gasteiger partial charge in [0.05, 0.1) is 0 Å². The minimum atomic E-state index is 0.612. The number of nitrogens with two attached hydrogens (primary N) is 1. The summed E-state index contributed by atoms with van der Waals surface area (Å²) >= 11 is 0. The van der Waals surface area contributed by atoms with E-state index in [0.29, 0.717) is 5.92 Å². The monoisotopic (exact) mass is 189 g/mol. The summed E-state index contributed by atoms with van der Waals surface area (Å²) < 4.78 is 0. The molecule has 0 radical (unpaired) electrons. The Bertz CT molecular complexity index is 285. The summed E-state index contributed by atoms with van der Waals surface area (Å²) in [6.45, 7) is 2.99. The first-order valence-electron chi connectivity index (χ1n) is 5.64. The molecule has 1 aromatic rings. The van der Waals surface area contributed by atoms with Crippen LogP contribution in [0.25, 0.3) is 0 Å². The molecule has 1 aliphatic rings. The summed E-state index contributed by atoms with van der Waals surface area (Å²) in [6, 6.07) is 8.99. The molecule has 2 N–H and O–H groups in total. The maximum atomic E-state index is 5.82. The molecular weight excluding hydrogens is 170 g/mol. The number of rotatable bonds is 4. The van der Waals surface area contributed by atoms with Gasteiger partial charge in [-0.1, -0.05) is 31.2 Å². The molecule has 0 amide bonds. The maximum absolute atomic E-state index is 5.82. The van der Waals surface area contributed by atoms with Gasteiger partial charge in [-0.25, -0.2) is 0 Å². The zero-order valence-corrected chi connectivity index (χ0v) is 8.87. The van der Waals surface area contributed by atoms with E-state index in [9.17, 15) is 0 Å². The molecule has 76 valence electrons. The van der Waals surface area contributed by atoms with Crippen LogP contribution in [0.15, 0.2) is 24.3 Å². The van der Waals surface area contributed by atoms with Crippen LogP contribution in [0.5, 0.6) is 0 Å². The Morgan fingerprint density at radius 2 is 1.93 bits per heavy atom. The van der Waals surface area contributed by atoms with Gasteiger partial charge in [-0.15, -0.1) is 0 Å². The van der Waals surface area contributed by atoms with Crippen LogP contribution in [0.1, 0.15) is 36.8 Å². The van der Waals surface area contributed by atoms with E-state index in [1.807, 2.05) is 0 Å². The summed E-state index contributed by atoms with van der Waals surface area (Å²) in [5.74, 6) is 1.48. The fourth-order valence-electron chi connectivity index (χ4n) is 2.10. The lowest BCUT2D eigenvalue weighted by Gasteiger charge is -2.14. The molecule has 1 atom stereocenters. The van der Waals surface area contributed by atoms with E-state index < -0.39 is 0 Å². The molecule has 1 nitrogen and oxygen atoms in total. The van der Waals surface area contributed by atoms with E-state index in [2.05, 4.69) is 31.2 Å². The molecule has 0 aliphatic heterocycles. The second kappa shape index (κ2) is 4.14. The first-order chi connectivity index (χ1) is 6.85. The smallest absolute Gasteiger partial charge is 0.000556 e. The Kier molecular flexibility index (Phi) is 2.87. The molecule has 1 saturated carbocycles. The minimum absolute atomic E-state index is 0.612. The molecule has 0 heterocycles. The minimum Gasteiger partial charge on any atom is -0.330 e. The summed E-state index contributed by atoms with van der Waals surface area (Å²) in [5.41, 5.74) is 8.67. The van der Waals surface area contributed by atoms with Crippen molar-refractivity contribution in [2.24, 2.45) is 11.7 Å². The van der Waals surface area contributed by atoms with Gasteiger partial charge in [-0.2, -0.15) is 0 Å². The normalized spacial score (nSPS) is 18.1. The van der Waals surface area contributed by atoms with Crippen molar-refractivity contribution in [3.05, 3.63) is 35.4 Å². The number of aryl methyl sites for hydroxylation is 1. The zero-order valence-electron chi connectivity index (χ0n) is 8.87. The quantitative estimate of drug-likeness (QED) is 0.774. The molecule has 0 spiro atoms. The predicted octanol–water partition coefficient (Wildman–Crippen LogP) is 2.70. The molecule has 2 rings (SSSR count). The molecule has 1 fully saturated rings. The Morgan fingerprint density at radius 1 is 1.29 bits per heavy atom. The molecule has 0 saturated heterocycles. The van der Waals surface area contributed by atoms with Crippen LogP contribution in [0, 0.1) is 5.92 Å². The third-order valence-corrected chi connectivity index (χ3v) is 3.26. The van der Waals surface area contributed by atoms with Gasteiger partial charge in [0, 0.05) is 0 Å². The van der Waals surface area contributed by atoms with Gasteiger partial charge in [0.25, 0.3) is 0 Å². The van der Waals surface area contributed by atoms with Gasteiger partial charge in [0.15, 0.2) is 0 Å². The van der Waals surface area contributed by atoms with Crippen LogP contribution in [0.4, 0.5) is 0 Å². The summed E-state index contributed by atoms with van der Waals surface area (Å²) in [4.78, 5) is 0. The van der Waals surface area contributed by atoms with E-state index in [1.54, 1.807) is 0 Å². The van der Waals surface area contributed by atoms with Crippen molar-refractivity contribution in [1.29, 1.82) is 0 Å². The highest BCUT2D eigenvalue weighted by atomic mass is 14.6. The van der Waals surface area contributed by atoms with Crippen molar-refractivity contribution in [1.82, 2.24) is 0 Å². The van der Waals surface area contributed by atoms with E-state index in [4.69, 9.17) is 5.73 Å². The maximum Gasteiger partial charge on any atom is -0.000556 e. The highest BCUT2D eigenvalue weighted by molar-refractivity contribution is 5.27. The molecular formula is C13H19N. The summed E-state index contributed by atoms with van der Waals surface area (Å²) in [7, 11) is 0. The van der Waals surface area contributed by atoms with Crippen LogP contribution >= 0.6 is 0 Å². The Labute approximate surface area is 86.3 Å². The van der Waals surface area contributed by atoms with Crippen LogP contribution in [0.2, 0.25) is 0 Å². The third-order valence-electron chi connectivity index (χ3n) is 3.26. The largest absolute Gasteiger partial charge is 0.330 e. The van der Waals surface area contributed by atoms with Crippen LogP contribution in [-0.2, 0) is 6.42 Å². The summed E-state index contributed by atoms with van der Waals surface area (Å²) in [5, 5.41) is 0. The lowest BCUT2D eigenvalue weighted by Crippen LogP contribution is -2.14. The van der Waals surface area contributed by atoms with Gasteiger partial charge < -0.3 is 5.73 Å². The van der Waals surface area contributed by atoms with Crippen molar-refractivity contribution in [3.8, 4) is 0 Å². The molecule has 1 aliphatic carbocycles. The first kappa shape index (κ1) is 9.72. The molecule has 0 aromatic heterocycles. The lowest BCUT2D eigenvalue weighted by molar-refractivity contribution is 0.615. The zero-order chi connectivity index (χ0) is 9.97. The first-order valence-corrected chi connectivity index (χ1v) is 5.64. The molecule has 1 heteroatoms. The predicted molar refractivity (Wildman–Crippen MR) is 60.3 cm³/mol. The van der Waals surface area contributed by atoms with Gasteiger partial charge >= 0.3 is 0 Å². The number of benzene rings is 1. The average Bonchev–Trinajstić information content (AvgIpc) is 3.04. The molecule has 14 heavy (non-hydrogen) atoms. The third kappa shape index (κ3) is 1.98. The Hall–Kier alpha value is -0.820. The second-order valence-corrected chi connectivity index (χ2v) is 4.27. The standard InChI is InChI=1S/C13H19N/c1-2-10-3-5-11(6-4-10)13(9-14)12-7-8-12/h3-6,12-13H,2,7-9,14H2,1H3. The van der Waals surface area contributed by atoms with E-state index in [-0.39, 0.29) is 0 Å². The van der Waals surface area contributed by atoms with Gasteiger partial charge in [0.1, 0.15) is 0 Å². The topological polar surface area (TPSA) is 26.0 Å². The summed E-state index contributed by atoms with van der Waals surface area (Å²) in [6.07, 6.45) is 3.87. The van der Waals surface area contributed by atoms with E-state index in [1.165, 1.54) is 24.0 Å². The van der Waals surface area contributed by atoms with Crippen molar-refractivity contribution >= 4 is 0 Å². The number of hydrogen-bond donors (Lipinski definition) is 1. The van der Waals surface area contributed by atoms with Crippen molar-refractivity contribution in [2.45, 2.75) is 32.1 Å². The highest BCUT2D eigenvalue weighted by Gasteiger charge is 2.30. The van der Waals surface area contributed by atoms with Crippen molar-refractivity contribution in [2.75, 3.05) is 6.54 Å². The molecule has 0 bridgehead atoms. The van der Waals surface area contributed by atoms with Crippen LogP contribution < -0.4 is 5.73 Å². The average molecular weight is 189 g/mol. The van der Waals surface area contributed by atoms with Gasteiger partial charge in [0.2, 0.25) is 0 Å². The van der Waals surface area contributed by atoms with Gasteiger partial charge in [-0.05, 0) is 48.8 Å². The van der Waals surface area contributed by atoms with Crippen LogP contribution in [0.3, 0.4) is 0 Å². The van der Waals surface area contributed by atoms with Crippen molar-refractivity contribution in [3.63, 3.8) is 0 Å². The van der Waals surface area contributed by atoms with E-state index >= 15 is 0 Å². The number of hydrogen-bond acceptors (Lipinski definition) is 1.